The van der Waals surface area contributed by atoms with Crippen molar-refractivity contribution in [3.8, 4) is 0 Å². The summed E-state index contributed by atoms with van der Waals surface area (Å²) in [7, 11) is 0. The van der Waals surface area contributed by atoms with Crippen molar-refractivity contribution in [1.82, 2.24) is 10.2 Å². The molecule has 1 atom stereocenters. The van der Waals surface area contributed by atoms with Crippen molar-refractivity contribution >= 4 is 36.6 Å². The van der Waals surface area contributed by atoms with Crippen LogP contribution >= 0.6 is 36.6 Å². The molecule has 92 valence electrons. The largest absolute Gasteiger partial charge is 0.164 e. The Morgan fingerprint density at radius 1 is 1.38 bits per heavy atom. The van der Waals surface area contributed by atoms with Crippen LogP contribution in [0.4, 0.5) is 0 Å². The van der Waals surface area contributed by atoms with Crippen LogP contribution < -0.4 is 0 Å². The van der Waals surface area contributed by atoms with E-state index in [9.17, 15) is 0 Å². The van der Waals surface area contributed by atoms with Gasteiger partial charge in [-0.1, -0.05) is 39.5 Å². The number of unbranched alkanes of at least 4 members (excludes halogenated alkanes) is 3. The number of hydrogen-bond acceptors (Lipinski definition) is 5. The van der Waals surface area contributed by atoms with Crippen LogP contribution in [-0.2, 0) is 5.41 Å². The van der Waals surface area contributed by atoms with Gasteiger partial charge in [-0.05, 0) is 6.42 Å². The molecule has 0 N–H and O–H groups in total. The van der Waals surface area contributed by atoms with Gasteiger partial charge in [0.05, 0.1) is 4.58 Å². The monoisotopic (exact) mass is 276 g/mol. The second-order valence-corrected chi connectivity index (χ2v) is 6.62. The molecule has 0 fully saturated rings. The van der Waals surface area contributed by atoms with Gasteiger partial charge in [0.15, 0.2) is 0 Å². The second-order valence-electron chi connectivity index (χ2n) is 4.35. The first-order chi connectivity index (χ1) is 7.61. The van der Waals surface area contributed by atoms with Crippen LogP contribution in [0.15, 0.2) is 5.51 Å². The second kappa shape index (κ2) is 6.87. The van der Waals surface area contributed by atoms with Gasteiger partial charge in [0, 0.05) is 5.41 Å². The van der Waals surface area contributed by atoms with Crippen LogP contribution in [0.3, 0.4) is 0 Å². The van der Waals surface area contributed by atoms with Gasteiger partial charge in [-0.15, -0.1) is 21.5 Å². The van der Waals surface area contributed by atoms with Crippen LogP contribution in [0.1, 0.15) is 51.0 Å². The molecular formula is C11H20N2S3. The third-order valence-electron chi connectivity index (χ3n) is 2.97. The lowest BCUT2D eigenvalue weighted by atomic mass is 9.87. The number of hydrogen-bond donors (Lipinski definition) is 2. The molecule has 0 aliphatic carbocycles. The number of nitrogens with zero attached hydrogens (tertiary/aromatic N) is 2. The lowest BCUT2D eigenvalue weighted by Gasteiger charge is -2.29. The molecule has 0 amide bonds. The van der Waals surface area contributed by atoms with E-state index in [1.807, 2.05) is 0 Å². The summed E-state index contributed by atoms with van der Waals surface area (Å²) < 4.78 is 0.0158. The molecule has 0 aliphatic rings. The fourth-order valence-electron chi connectivity index (χ4n) is 1.69. The fourth-order valence-corrected chi connectivity index (χ4v) is 3.14. The van der Waals surface area contributed by atoms with Crippen LogP contribution in [0, 0.1) is 0 Å². The summed E-state index contributed by atoms with van der Waals surface area (Å²) in [5.41, 5.74) is 1.73. The molecule has 1 rings (SSSR count). The molecular weight excluding hydrogens is 256 g/mol. The minimum absolute atomic E-state index is 0.0158. The van der Waals surface area contributed by atoms with Crippen LogP contribution in [0.5, 0.6) is 0 Å². The Labute approximate surface area is 113 Å². The molecule has 0 aromatic carbocycles. The minimum atomic E-state index is -0.0544. The standard InChI is InChI=1S/C11H20N2S3/c1-3-4-5-6-7-11(2,10(14)15)9-13-12-8-16-9/h8,10,14-15H,3-7H2,1-2H3. The Bertz CT molecular complexity index is 287. The molecule has 2 nitrogen and oxygen atoms in total. The zero-order valence-electron chi connectivity index (χ0n) is 9.89. The highest BCUT2D eigenvalue weighted by molar-refractivity contribution is 7.99. The number of rotatable bonds is 7. The summed E-state index contributed by atoms with van der Waals surface area (Å²) >= 11 is 10.6. The van der Waals surface area contributed by atoms with E-state index in [4.69, 9.17) is 0 Å². The molecule has 0 spiro atoms. The maximum atomic E-state index is 4.49. The van der Waals surface area contributed by atoms with Crippen LogP contribution in [0.25, 0.3) is 0 Å². The topological polar surface area (TPSA) is 25.8 Å². The Balaban J connectivity index is 2.60. The number of thiol groups is 2. The summed E-state index contributed by atoms with van der Waals surface area (Å²) in [4.78, 5) is 0. The quantitative estimate of drug-likeness (QED) is 0.448. The third-order valence-corrected chi connectivity index (χ3v) is 5.08. The van der Waals surface area contributed by atoms with E-state index in [0.717, 1.165) is 11.4 Å². The zero-order valence-corrected chi connectivity index (χ0v) is 12.5. The molecule has 0 radical (unpaired) electrons. The third kappa shape index (κ3) is 3.64. The summed E-state index contributed by atoms with van der Waals surface area (Å²) in [6.07, 6.45) is 6.14. The Morgan fingerprint density at radius 2 is 2.12 bits per heavy atom. The van der Waals surface area contributed by atoms with Crippen molar-refractivity contribution in [3.05, 3.63) is 10.5 Å². The summed E-state index contributed by atoms with van der Waals surface area (Å²) in [6, 6.07) is 0. The van der Waals surface area contributed by atoms with Crippen molar-refractivity contribution in [1.29, 1.82) is 0 Å². The van der Waals surface area contributed by atoms with Crippen LogP contribution in [-0.4, -0.2) is 14.8 Å². The van der Waals surface area contributed by atoms with Gasteiger partial charge in [0.25, 0.3) is 0 Å². The first-order valence-corrected chi connectivity index (χ1v) is 7.65. The Kier molecular flexibility index (Phi) is 6.15. The molecule has 0 aliphatic heterocycles. The van der Waals surface area contributed by atoms with Crippen molar-refractivity contribution in [2.45, 2.75) is 55.9 Å². The van der Waals surface area contributed by atoms with Gasteiger partial charge in [-0.3, -0.25) is 0 Å². The number of aromatic nitrogens is 2. The van der Waals surface area contributed by atoms with Crippen molar-refractivity contribution in [2.75, 3.05) is 0 Å². The predicted octanol–water partition coefficient (Wildman–Crippen LogP) is 3.95. The average molecular weight is 276 g/mol. The molecule has 1 heterocycles. The van der Waals surface area contributed by atoms with E-state index in [-0.39, 0.29) is 10.00 Å². The lowest BCUT2D eigenvalue weighted by Crippen LogP contribution is -2.29. The molecule has 0 saturated carbocycles. The zero-order chi connectivity index (χ0) is 12.0. The molecule has 1 aromatic rings. The van der Waals surface area contributed by atoms with Crippen molar-refractivity contribution < 1.29 is 0 Å². The van der Waals surface area contributed by atoms with Gasteiger partial charge < -0.3 is 0 Å². The molecule has 0 bridgehead atoms. The van der Waals surface area contributed by atoms with Gasteiger partial charge >= 0.3 is 0 Å². The van der Waals surface area contributed by atoms with Crippen LogP contribution in [0.2, 0.25) is 0 Å². The Morgan fingerprint density at radius 3 is 2.62 bits per heavy atom. The minimum Gasteiger partial charge on any atom is -0.164 e. The maximum Gasteiger partial charge on any atom is 0.125 e. The summed E-state index contributed by atoms with van der Waals surface area (Å²) in [5, 5.41) is 9.15. The first-order valence-electron chi connectivity index (χ1n) is 5.74. The summed E-state index contributed by atoms with van der Waals surface area (Å²) in [6.45, 7) is 4.41. The highest BCUT2D eigenvalue weighted by atomic mass is 32.2. The molecule has 0 saturated heterocycles. The molecule has 5 heteroatoms. The molecule has 16 heavy (non-hydrogen) atoms. The van der Waals surface area contributed by atoms with E-state index in [0.29, 0.717) is 0 Å². The van der Waals surface area contributed by atoms with Gasteiger partial charge in [0.2, 0.25) is 0 Å². The normalized spacial score (nSPS) is 15.3. The molecule has 1 aromatic heterocycles. The van der Waals surface area contributed by atoms with E-state index < -0.39 is 0 Å². The van der Waals surface area contributed by atoms with E-state index in [1.54, 1.807) is 16.8 Å². The van der Waals surface area contributed by atoms with Gasteiger partial charge in [-0.25, -0.2) is 0 Å². The first kappa shape index (κ1) is 14.3. The summed E-state index contributed by atoms with van der Waals surface area (Å²) in [5.74, 6) is 0. The highest BCUT2D eigenvalue weighted by Crippen LogP contribution is 2.38. The predicted molar refractivity (Wildman–Crippen MR) is 77.8 cm³/mol. The SMILES string of the molecule is CCCCCCC(C)(c1nncs1)C(S)S. The highest BCUT2D eigenvalue weighted by Gasteiger charge is 2.34. The smallest absolute Gasteiger partial charge is 0.125 e. The van der Waals surface area contributed by atoms with Crippen molar-refractivity contribution in [3.63, 3.8) is 0 Å². The van der Waals surface area contributed by atoms with E-state index >= 15 is 0 Å². The fraction of sp³-hybridized carbons (Fsp3) is 0.818. The van der Waals surface area contributed by atoms with Gasteiger partial charge in [0.1, 0.15) is 10.5 Å². The lowest BCUT2D eigenvalue weighted by molar-refractivity contribution is 0.437. The van der Waals surface area contributed by atoms with Gasteiger partial charge in [-0.2, -0.15) is 25.3 Å². The average Bonchev–Trinajstić information content (AvgIpc) is 2.77. The molecule has 1 unspecified atom stereocenters. The van der Waals surface area contributed by atoms with Crippen molar-refractivity contribution in [2.24, 2.45) is 0 Å². The Hall–Kier alpha value is 0.260. The van der Waals surface area contributed by atoms with E-state index in [1.165, 1.54) is 25.7 Å². The maximum absolute atomic E-state index is 4.49. The van der Waals surface area contributed by atoms with E-state index in [2.05, 4.69) is 49.3 Å².